The number of hydrogen-bond acceptors (Lipinski definition) is 2. The molecule has 2 nitrogen and oxygen atoms in total. The molecule has 0 spiro atoms. The standard InChI is InChI=1S/C14H15NO/c16-14(13-7-3-1-4-8-13)9-12-15-10-5-2-6-11-15/h1-8,10H,9,11-12H2. The Morgan fingerprint density at radius 2 is 2.00 bits per heavy atom. The zero-order valence-corrected chi connectivity index (χ0v) is 9.17. The Morgan fingerprint density at radius 1 is 1.19 bits per heavy atom. The second-order valence-electron chi connectivity index (χ2n) is 3.80. The van der Waals surface area contributed by atoms with Gasteiger partial charge in [0.1, 0.15) is 0 Å². The lowest BCUT2D eigenvalue weighted by atomic mass is 10.1. The Labute approximate surface area is 95.9 Å². The van der Waals surface area contributed by atoms with Gasteiger partial charge < -0.3 is 4.90 Å². The summed E-state index contributed by atoms with van der Waals surface area (Å²) in [5.41, 5.74) is 0.805. The molecular weight excluding hydrogens is 198 g/mol. The Balaban J connectivity index is 1.84. The van der Waals surface area contributed by atoms with Crippen LogP contribution in [0, 0.1) is 0 Å². The quantitative estimate of drug-likeness (QED) is 0.717. The number of allylic oxidation sites excluding steroid dienone is 2. The molecule has 0 amide bonds. The van der Waals surface area contributed by atoms with Gasteiger partial charge in [0.15, 0.2) is 5.78 Å². The van der Waals surface area contributed by atoms with E-state index in [1.165, 1.54) is 0 Å². The van der Waals surface area contributed by atoms with Crippen LogP contribution in [-0.2, 0) is 0 Å². The highest BCUT2D eigenvalue weighted by molar-refractivity contribution is 5.96. The van der Waals surface area contributed by atoms with Crippen molar-refractivity contribution >= 4 is 5.78 Å². The van der Waals surface area contributed by atoms with Gasteiger partial charge in [-0.05, 0) is 12.3 Å². The second-order valence-corrected chi connectivity index (χ2v) is 3.80. The summed E-state index contributed by atoms with van der Waals surface area (Å²) >= 11 is 0. The first-order valence-corrected chi connectivity index (χ1v) is 5.52. The van der Waals surface area contributed by atoms with Crippen molar-refractivity contribution in [3.8, 4) is 0 Å². The molecule has 0 saturated heterocycles. The minimum atomic E-state index is 0.212. The third-order valence-electron chi connectivity index (χ3n) is 2.61. The molecular formula is C14H15NO. The third-order valence-corrected chi connectivity index (χ3v) is 2.61. The smallest absolute Gasteiger partial charge is 0.164 e. The average Bonchev–Trinajstić information content (AvgIpc) is 2.38. The van der Waals surface area contributed by atoms with Crippen molar-refractivity contribution in [2.75, 3.05) is 13.1 Å². The Kier molecular flexibility index (Phi) is 3.54. The van der Waals surface area contributed by atoms with Crippen LogP contribution in [0.15, 0.2) is 54.8 Å². The Morgan fingerprint density at radius 3 is 2.69 bits per heavy atom. The molecule has 0 fully saturated rings. The molecule has 1 aromatic carbocycles. The summed E-state index contributed by atoms with van der Waals surface area (Å²) in [6.07, 6.45) is 8.71. The third kappa shape index (κ3) is 2.83. The SMILES string of the molecule is O=C(CCN1C=CC=CC1)c1ccccc1. The molecule has 0 saturated carbocycles. The van der Waals surface area contributed by atoms with Crippen LogP contribution >= 0.6 is 0 Å². The van der Waals surface area contributed by atoms with E-state index in [-0.39, 0.29) is 5.78 Å². The van der Waals surface area contributed by atoms with Gasteiger partial charge in [0.2, 0.25) is 0 Å². The predicted octanol–water partition coefficient (Wildman–Crippen LogP) is 2.64. The van der Waals surface area contributed by atoms with E-state index in [0.717, 1.165) is 18.7 Å². The summed E-state index contributed by atoms with van der Waals surface area (Å²) in [7, 11) is 0. The molecule has 0 atom stereocenters. The van der Waals surface area contributed by atoms with E-state index in [0.29, 0.717) is 6.42 Å². The van der Waals surface area contributed by atoms with Crippen molar-refractivity contribution in [3.63, 3.8) is 0 Å². The van der Waals surface area contributed by atoms with Crippen molar-refractivity contribution in [2.24, 2.45) is 0 Å². The summed E-state index contributed by atoms with van der Waals surface area (Å²) in [5.74, 6) is 0.212. The molecule has 1 aliphatic heterocycles. The van der Waals surface area contributed by atoms with E-state index in [2.05, 4.69) is 11.0 Å². The maximum absolute atomic E-state index is 11.8. The lowest BCUT2D eigenvalue weighted by molar-refractivity contribution is 0.0973. The fourth-order valence-electron chi connectivity index (χ4n) is 1.69. The number of carbonyl (C=O) groups excluding carboxylic acids is 1. The molecule has 16 heavy (non-hydrogen) atoms. The van der Waals surface area contributed by atoms with Crippen molar-refractivity contribution in [1.29, 1.82) is 0 Å². The van der Waals surface area contributed by atoms with Crippen LogP contribution in [0.2, 0.25) is 0 Å². The Bertz CT molecular complexity index is 406. The molecule has 0 aromatic heterocycles. The molecule has 0 radical (unpaired) electrons. The van der Waals surface area contributed by atoms with E-state index in [1.54, 1.807) is 0 Å². The van der Waals surface area contributed by atoms with Crippen LogP contribution in [-0.4, -0.2) is 23.8 Å². The minimum absolute atomic E-state index is 0.212. The lowest BCUT2D eigenvalue weighted by Gasteiger charge is -2.19. The summed E-state index contributed by atoms with van der Waals surface area (Å²) in [5, 5.41) is 0. The van der Waals surface area contributed by atoms with E-state index >= 15 is 0 Å². The van der Waals surface area contributed by atoms with Crippen molar-refractivity contribution in [2.45, 2.75) is 6.42 Å². The number of benzene rings is 1. The van der Waals surface area contributed by atoms with Crippen molar-refractivity contribution < 1.29 is 4.79 Å². The van der Waals surface area contributed by atoms with Crippen LogP contribution in [0.4, 0.5) is 0 Å². The first-order valence-electron chi connectivity index (χ1n) is 5.52. The van der Waals surface area contributed by atoms with E-state index in [4.69, 9.17) is 0 Å². The highest BCUT2D eigenvalue weighted by atomic mass is 16.1. The van der Waals surface area contributed by atoms with Gasteiger partial charge in [-0.3, -0.25) is 4.79 Å². The van der Waals surface area contributed by atoms with Gasteiger partial charge in [-0.2, -0.15) is 0 Å². The fourth-order valence-corrected chi connectivity index (χ4v) is 1.69. The van der Waals surface area contributed by atoms with Crippen LogP contribution in [0.5, 0.6) is 0 Å². The molecule has 1 heterocycles. The molecule has 0 bridgehead atoms. The molecule has 1 aromatic rings. The second kappa shape index (κ2) is 5.31. The molecule has 2 rings (SSSR count). The first kappa shape index (κ1) is 10.7. The van der Waals surface area contributed by atoms with E-state index in [9.17, 15) is 4.79 Å². The molecule has 2 heteroatoms. The first-order chi connectivity index (χ1) is 7.86. The molecule has 0 N–H and O–H groups in total. The monoisotopic (exact) mass is 213 g/mol. The summed E-state index contributed by atoms with van der Waals surface area (Å²) in [4.78, 5) is 14.0. The number of ketones is 1. The van der Waals surface area contributed by atoms with Crippen LogP contribution in [0.3, 0.4) is 0 Å². The van der Waals surface area contributed by atoms with Crippen molar-refractivity contribution in [1.82, 2.24) is 4.90 Å². The van der Waals surface area contributed by atoms with Gasteiger partial charge in [-0.15, -0.1) is 0 Å². The largest absolute Gasteiger partial charge is 0.373 e. The number of rotatable bonds is 4. The molecule has 1 aliphatic rings. The molecule has 82 valence electrons. The number of carbonyl (C=O) groups is 1. The predicted molar refractivity (Wildman–Crippen MR) is 65.2 cm³/mol. The van der Waals surface area contributed by atoms with E-state index < -0.39 is 0 Å². The average molecular weight is 213 g/mol. The highest BCUT2D eigenvalue weighted by Crippen LogP contribution is 2.05. The van der Waals surface area contributed by atoms with Gasteiger partial charge in [0.25, 0.3) is 0 Å². The topological polar surface area (TPSA) is 20.3 Å². The number of Topliss-reactive ketones (excluding diaryl/α,β-unsaturated/α-hetero) is 1. The Hall–Kier alpha value is -1.83. The van der Waals surface area contributed by atoms with Gasteiger partial charge in [-0.1, -0.05) is 42.5 Å². The maximum Gasteiger partial charge on any atom is 0.164 e. The summed E-state index contributed by atoms with van der Waals surface area (Å²) in [6.45, 7) is 1.69. The van der Waals surface area contributed by atoms with E-state index in [1.807, 2.05) is 48.7 Å². The van der Waals surface area contributed by atoms with Crippen LogP contribution in [0.25, 0.3) is 0 Å². The van der Waals surface area contributed by atoms with Gasteiger partial charge in [-0.25, -0.2) is 0 Å². The normalized spacial score (nSPS) is 14.1. The fraction of sp³-hybridized carbons (Fsp3) is 0.214. The molecule has 0 unspecified atom stereocenters. The maximum atomic E-state index is 11.8. The minimum Gasteiger partial charge on any atom is -0.373 e. The summed E-state index contributed by atoms with van der Waals surface area (Å²) in [6, 6.07) is 9.46. The van der Waals surface area contributed by atoms with Gasteiger partial charge >= 0.3 is 0 Å². The lowest BCUT2D eigenvalue weighted by Crippen LogP contribution is -2.22. The highest BCUT2D eigenvalue weighted by Gasteiger charge is 2.07. The summed E-state index contributed by atoms with van der Waals surface area (Å²) < 4.78 is 0. The number of nitrogens with zero attached hydrogens (tertiary/aromatic N) is 1. The van der Waals surface area contributed by atoms with Crippen LogP contribution < -0.4 is 0 Å². The number of hydrogen-bond donors (Lipinski definition) is 0. The zero-order chi connectivity index (χ0) is 11.2. The van der Waals surface area contributed by atoms with Crippen LogP contribution in [0.1, 0.15) is 16.8 Å². The van der Waals surface area contributed by atoms with Gasteiger partial charge in [0, 0.05) is 25.1 Å². The van der Waals surface area contributed by atoms with Gasteiger partial charge in [0.05, 0.1) is 0 Å². The zero-order valence-electron chi connectivity index (χ0n) is 9.17. The molecule has 0 aliphatic carbocycles. The van der Waals surface area contributed by atoms with Crippen molar-refractivity contribution in [3.05, 3.63) is 60.3 Å².